The molecule has 2 atom stereocenters. The molecule has 3 rings (SSSR count). The number of para-hydroxylation sites is 1. The standard InChI is InChI=1S/C23H27F2N3O4/c24-17-10-8-16(9-11-17)4-3-5-18(21(29)22(30)26-32)23(31)28-14-12-27(13-15-28)20-7-2-1-6-19(20)25/h1-2,6-11,18,21,29,32H,3-5,12-15H2,(H,26,30)/t18-,21+/m1/s1. The van der Waals surface area contributed by atoms with Gasteiger partial charge >= 0.3 is 0 Å². The van der Waals surface area contributed by atoms with Crippen LogP contribution in [-0.2, 0) is 16.0 Å². The first-order chi connectivity index (χ1) is 15.4. The Hall–Kier alpha value is -3.04. The molecule has 0 aliphatic carbocycles. The second kappa shape index (κ2) is 11.0. The summed E-state index contributed by atoms with van der Waals surface area (Å²) >= 11 is 0. The number of nitrogens with zero attached hydrogens (tertiary/aromatic N) is 2. The fourth-order valence-electron chi connectivity index (χ4n) is 3.95. The van der Waals surface area contributed by atoms with Gasteiger partial charge in [0.1, 0.15) is 17.7 Å². The number of aryl methyl sites for hydroxylation is 1. The Labute approximate surface area is 185 Å². The predicted octanol–water partition coefficient (Wildman–Crippen LogP) is 2.12. The van der Waals surface area contributed by atoms with Gasteiger partial charge in [-0.15, -0.1) is 0 Å². The first kappa shape index (κ1) is 23.6. The lowest BCUT2D eigenvalue weighted by Gasteiger charge is -2.38. The van der Waals surface area contributed by atoms with Crippen molar-refractivity contribution in [3.05, 3.63) is 65.7 Å². The summed E-state index contributed by atoms with van der Waals surface area (Å²) in [7, 11) is 0. The number of carbonyl (C=O) groups is 2. The summed E-state index contributed by atoms with van der Waals surface area (Å²) in [5.41, 5.74) is 2.74. The molecule has 0 unspecified atom stereocenters. The van der Waals surface area contributed by atoms with E-state index < -0.39 is 23.8 Å². The Kier molecular flexibility index (Phi) is 8.13. The van der Waals surface area contributed by atoms with Crippen molar-refractivity contribution in [1.29, 1.82) is 0 Å². The Bertz CT molecular complexity index is 918. The van der Waals surface area contributed by atoms with Gasteiger partial charge in [-0.05, 0) is 49.1 Å². The first-order valence-electron chi connectivity index (χ1n) is 10.6. The van der Waals surface area contributed by atoms with Crippen LogP contribution in [0.3, 0.4) is 0 Å². The summed E-state index contributed by atoms with van der Waals surface area (Å²) in [6, 6.07) is 12.4. The molecule has 2 aromatic carbocycles. The van der Waals surface area contributed by atoms with Crippen LogP contribution < -0.4 is 10.4 Å². The van der Waals surface area contributed by atoms with Gasteiger partial charge in [-0.25, -0.2) is 14.3 Å². The van der Waals surface area contributed by atoms with Crippen molar-refractivity contribution in [3.63, 3.8) is 0 Å². The number of aliphatic hydroxyl groups is 1. The zero-order chi connectivity index (χ0) is 23.1. The fourth-order valence-corrected chi connectivity index (χ4v) is 3.95. The summed E-state index contributed by atoms with van der Waals surface area (Å²) in [6.07, 6.45) is -0.477. The van der Waals surface area contributed by atoms with Crippen molar-refractivity contribution in [3.8, 4) is 0 Å². The number of carbonyl (C=O) groups excluding carboxylic acids is 2. The molecule has 0 radical (unpaired) electrons. The number of rotatable bonds is 8. The van der Waals surface area contributed by atoms with E-state index in [0.717, 1.165) is 5.56 Å². The van der Waals surface area contributed by atoms with Crippen LogP contribution in [0.1, 0.15) is 18.4 Å². The monoisotopic (exact) mass is 447 g/mol. The van der Waals surface area contributed by atoms with Gasteiger partial charge in [0.15, 0.2) is 0 Å². The van der Waals surface area contributed by atoms with Crippen LogP contribution in [0.2, 0.25) is 0 Å². The van der Waals surface area contributed by atoms with Gasteiger partial charge in [0.25, 0.3) is 5.91 Å². The van der Waals surface area contributed by atoms with Gasteiger partial charge in [-0.2, -0.15) is 0 Å². The molecule has 1 saturated heterocycles. The third-order valence-electron chi connectivity index (χ3n) is 5.76. The van der Waals surface area contributed by atoms with E-state index in [1.165, 1.54) is 23.7 Å². The summed E-state index contributed by atoms with van der Waals surface area (Å²) in [5.74, 6) is -3.15. The molecule has 2 amide bonds. The maximum absolute atomic E-state index is 14.0. The zero-order valence-corrected chi connectivity index (χ0v) is 17.6. The molecule has 2 aromatic rings. The Morgan fingerprint density at radius 2 is 1.66 bits per heavy atom. The second-order valence-electron chi connectivity index (χ2n) is 7.81. The SMILES string of the molecule is O=C(NO)[C@@H](O)[C@@H](CCCc1ccc(F)cc1)C(=O)N1CCN(c2ccccc2F)CC1. The van der Waals surface area contributed by atoms with Crippen molar-refractivity contribution < 1.29 is 28.7 Å². The fraction of sp³-hybridized carbons (Fsp3) is 0.391. The summed E-state index contributed by atoms with van der Waals surface area (Å²) in [5, 5.41) is 19.2. The lowest BCUT2D eigenvalue weighted by Crippen LogP contribution is -2.53. The van der Waals surface area contributed by atoms with Crippen molar-refractivity contribution in [2.45, 2.75) is 25.4 Å². The van der Waals surface area contributed by atoms with E-state index in [1.807, 2.05) is 4.90 Å². The summed E-state index contributed by atoms with van der Waals surface area (Å²) in [4.78, 5) is 28.3. The molecule has 172 valence electrons. The van der Waals surface area contributed by atoms with E-state index in [4.69, 9.17) is 5.21 Å². The number of hydroxylamine groups is 1. The Balaban J connectivity index is 1.62. The maximum Gasteiger partial charge on any atom is 0.272 e. The average Bonchev–Trinajstić information content (AvgIpc) is 2.82. The topological polar surface area (TPSA) is 93.1 Å². The number of amides is 2. The maximum atomic E-state index is 14.0. The van der Waals surface area contributed by atoms with E-state index in [-0.39, 0.29) is 18.1 Å². The highest BCUT2D eigenvalue weighted by molar-refractivity contribution is 5.88. The Morgan fingerprint density at radius 1 is 1.00 bits per heavy atom. The van der Waals surface area contributed by atoms with Crippen molar-refractivity contribution in [1.82, 2.24) is 10.4 Å². The number of benzene rings is 2. The summed E-state index contributed by atoms with van der Waals surface area (Å²) in [6.45, 7) is 1.46. The third kappa shape index (κ3) is 5.80. The number of anilines is 1. The highest BCUT2D eigenvalue weighted by Crippen LogP contribution is 2.23. The van der Waals surface area contributed by atoms with Crippen LogP contribution >= 0.6 is 0 Å². The van der Waals surface area contributed by atoms with Crippen LogP contribution in [-0.4, -0.2) is 59.3 Å². The van der Waals surface area contributed by atoms with Gasteiger partial charge in [0.2, 0.25) is 5.91 Å². The molecular weight excluding hydrogens is 420 g/mol. The molecule has 1 aliphatic heterocycles. The van der Waals surface area contributed by atoms with Gasteiger partial charge in [0, 0.05) is 26.2 Å². The minimum atomic E-state index is -1.70. The second-order valence-corrected chi connectivity index (χ2v) is 7.81. The number of nitrogens with one attached hydrogen (secondary N) is 1. The number of halogens is 2. The molecule has 9 heteroatoms. The highest BCUT2D eigenvalue weighted by Gasteiger charge is 2.35. The minimum Gasteiger partial charge on any atom is -0.382 e. The van der Waals surface area contributed by atoms with Crippen molar-refractivity contribution in [2.75, 3.05) is 31.1 Å². The largest absolute Gasteiger partial charge is 0.382 e. The number of piperazine rings is 1. The number of hydrogen-bond acceptors (Lipinski definition) is 5. The molecule has 0 spiro atoms. The molecule has 3 N–H and O–H groups in total. The van der Waals surface area contributed by atoms with E-state index in [0.29, 0.717) is 44.7 Å². The normalized spacial score (nSPS) is 15.9. The molecule has 1 heterocycles. The molecule has 0 saturated carbocycles. The van der Waals surface area contributed by atoms with Crippen molar-refractivity contribution >= 4 is 17.5 Å². The number of aliphatic hydroxyl groups excluding tert-OH is 1. The van der Waals surface area contributed by atoms with Crippen LogP contribution in [0.25, 0.3) is 0 Å². The predicted molar refractivity (Wildman–Crippen MR) is 114 cm³/mol. The molecule has 0 aromatic heterocycles. The minimum absolute atomic E-state index is 0.207. The highest BCUT2D eigenvalue weighted by atomic mass is 19.1. The molecule has 1 aliphatic rings. The van der Waals surface area contributed by atoms with Gasteiger partial charge < -0.3 is 14.9 Å². The van der Waals surface area contributed by atoms with Crippen LogP contribution in [0.5, 0.6) is 0 Å². The van der Waals surface area contributed by atoms with Gasteiger partial charge in [-0.1, -0.05) is 24.3 Å². The lowest BCUT2D eigenvalue weighted by atomic mass is 9.92. The Morgan fingerprint density at radius 3 is 2.28 bits per heavy atom. The number of hydrogen-bond donors (Lipinski definition) is 3. The zero-order valence-electron chi connectivity index (χ0n) is 17.6. The van der Waals surface area contributed by atoms with Gasteiger partial charge in [-0.3, -0.25) is 14.8 Å². The quantitative estimate of drug-likeness (QED) is 0.426. The molecule has 1 fully saturated rings. The molecular formula is C23H27F2N3O4. The smallest absolute Gasteiger partial charge is 0.272 e. The van der Waals surface area contributed by atoms with E-state index in [9.17, 15) is 23.5 Å². The lowest BCUT2D eigenvalue weighted by molar-refractivity contribution is -0.150. The molecule has 0 bridgehead atoms. The third-order valence-corrected chi connectivity index (χ3v) is 5.76. The van der Waals surface area contributed by atoms with Gasteiger partial charge in [0.05, 0.1) is 11.6 Å². The molecule has 7 nitrogen and oxygen atoms in total. The van der Waals surface area contributed by atoms with Crippen LogP contribution in [0, 0.1) is 17.6 Å². The van der Waals surface area contributed by atoms with E-state index >= 15 is 0 Å². The summed E-state index contributed by atoms with van der Waals surface area (Å²) < 4.78 is 27.1. The van der Waals surface area contributed by atoms with Crippen LogP contribution in [0.4, 0.5) is 14.5 Å². The van der Waals surface area contributed by atoms with Crippen molar-refractivity contribution in [2.24, 2.45) is 5.92 Å². The first-order valence-corrected chi connectivity index (χ1v) is 10.6. The van der Waals surface area contributed by atoms with E-state index in [2.05, 4.69) is 0 Å². The molecule has 32 heavy (non-hydrogen) atoms. The van der Waals surface area contributed by atoms with E-state index in [1.54, 1.807) is 35.2 Å². The average molecular weight is 447 g/mol. The van der Waals surface area contributed by atoms with Crippen LogP contribution in [0.15, 0.2) is 48.5 Å².